The Hall–Kier alpha value is -3.03. The molecule has 0 bridgehead atoms. The van der Waals surface area contributed by atoms with Crippen molar-refractivity contribution in [2.75, 3.05) is 0 Å². The van der Waals surface area contributed by atoms with Crippen molar-refractivity contribution in [3.8, 4) is 0 Å². The molecular formula is C27H29NO5S. The highest BCUT2D eigenvalue weighted by molar-refractivity contribution is 7.86. The molecule has 7 heteroatoms. The van der Waals surface area contributed by atoms with E-state index in [9.17, 15) is 18.0 Å². The highest BCUT2D eigenvalue weighted by Gasteiger charge is 2.39. The smallest absolute Gasteiger partial charge is 0.266 e. The monoisotopic (exact) mass is 479 g/mol. The molecule has 3 aromatic rings. The Morgan fingerprint density at radius 1 is 0.941 bits per heavy atom. The SMILES string of the molecule is CCCCC(CC)Cc1ccc2cccc3c2c1C(=O)N(OS(=O)(=O)c1ccc(C)cc1)C3=O. The van der Waals surface area contributed by atoms with Gasteiger partial charge >= 0.3 is 10.1 Å². The third-order valence-electron chi connectivity index (χ3n) is 6.48. The number of carbonyl (C=O) groups is 2. The number of amides is 2. The van der Waals surface area contributed by atoms with E-state index in [1.165, 1.54) is 12.1 Å². The molecule has 0 N–H and O–H groups in total. The minimum Gasteiger partial charge on any atom is -0.266 e. The lowest BCUT2D eigenvalue weighted by molar-refractivity contribution is -0.0156. The zero-order valence-corrected chi connectivity index (χ0v) is 20.5. The van der Waals surface area contributed by atoms with Crippen molar-refractivity contribution in [2.24, 2.45) is 5.92 Å². The van der Waals surface area contributed by atoms with Crippen LogP contribution in [0.25, 0.3) is 10.8 Å². The van der Waals surface area contributed by atoms with Gasteiger partial charge in [0.25, 0.3) is 11.8 Å². The van der Waals surface area contributed by atoms with E-state index in [4.69, 9.17) is 4.28 Å². The number of hydrogen-bond donors (Lipinski definition) is 0. The summed E-state index contributed by atoms with van der Waals surface area (Å²) in [7, 11) is -4.38. The van der Waals surface area contributed by atoms with Gasteiger partial charge in [0.2, 0.25) is 0 Å². The summed E-state index contributed by atoms with van der Waals surface area (Å²) in [5, 5.41) is 1.73. The number of benzene rings is 3. The van der Waals surface area contributed by atoms with Crippen molar-refractivity contribution in [3.63, 3.8) is 0 Å². The molecule has 0 saturated heterocycles. The molecular weight excluding hydrogens is 450 g/mol. The van der Waals surface area contributed by atoms with Gasteiger partial charge in [-0.2, -0.15) is 8.42 Å². The summed E-state index contributed by atoms with van der Waals surface area (Å²) in [5.41, 5.74) is 2.29. The van der Waals surface area contributed by atoms with Crippen molar-refractivity contribution in [1.29, 1.82) is 0 Å². The minimum absolute atomic E-state index is 0.124. The lowest BCUT2D eigenvalue weighted by atomic mass is 9.85. The maximum absolute atomic E-state index is 13.6. The third kappa shape index (κ3) is 4.50. The lowest BCUT2D eigenvalue weighted by Crippen LogP contribution is -2.42. The molecule has 4 rings (SSSR count). The second kappa shape index (κ2) is 9.68. The first-order valence-electron chi connectivity index (χ1n) is 11.7. The molecule has 3 aromatic carbocycles. The predicted octanol–water partition coefficient (Wildman–Crippen LogP) is 5.82. The van der Waals surface area contributed by atoms with Crippen LogP contribution >= 0.6 is 0 Å². The van der Waals surface area contributed by atoms with Gasteiger partial charge in [-0.1, -0.05) is 81.5 Å². The van der Waals surface area contributed by atoms with Gasteiger partial charge < -0.3 is 0 Å². The first-order valence-corrected chi connectivity index (χ1v) is 13.1. The second-order valence-corrected chi connectivity index (χ2v) is 10.4. The van der Waals surface area contributed by atoms with Crippen molar-refractivity contribution in [1.82, 2.24) is 5.06 Å². The normalized spacial score (nSPS) is 14.6. The summed E-state index contributed by atoms with van der Waals surface area (Å²) >= 11 is 0. The molecule has 0 fully saturated rings. The summed E-state index contributed by atoms with van der Waals surface area (Å²) in [6.07, 6.45) is 4.88. The zero-order valence-electron chi connectivity index (χ0n) is 19.7. The molecule has 1 heterocycles. The number of aryl methyl sites for hydroxylation is 1. The van der Waals surface area contributed by atoms with Crippen LogP contribution in [0.4, 0.5) is 0 Å². The van der Waals surface area contributed by atoms with Crippen molar-refractivity contribution < 1.29 is 22.3 Å². The van der Waals surface area contributed by atoms with Gasteiger partial charge in [0.15, 0.2) is 0 Å². The van der Waals surface area contributed by atoms with Crippen molar-refractivity contribution in [2.45, 2.75) is 57.8 Å². The molecule has 0 radical (unpaired) electrons. The van der Waals surface area contributed by atoms with Gasteiger partial charge in [-0.3, -0.25) is 9.59 Å². The van der Waals surface area contributed by atoms with E-state index in [0.717, 1.165) is 42.2 Å². The van der Waals surface area contributed by atoms with E-state index < -0.39 is 21.9 Å². The Bertz CT molecular complexity index is 1350. The Kier molecular flexibility index (Phi) is 6.86. The summed E-state index contributed by atoms with van der Waals surface area (Å²) in [4.78, 5) is 26.7. The minimum atomic E-state index is -4.38. The van der Waals surface area contributed by atoms with Gasteiger partial charge in [0.1, 0.15) is 0 Å². The highest BCUT2D eigenvalue weighted by Crippen LogP contribution is 2.35. The molecule has 0 saturated carbocycles. The highest BCUT2D eigenvalue weighted by atomic mass is 32.2. The van der Waals surface area contributed by atoms with Crippen molar-refractivity contribution >= 4 is 32.7 Å². The number of rotatable bonds is 9. The van der Waals surface area contributed by atoms with Crippen LogP contribution in [0.5, 0.6) is 0 Å². The molecule has 0 aliphatic carbocycles. The summed E-state index contributed by atoms with van der Waals surface area (Å²) < 4.78 is 31.0. The van der Waals surface area contributed by atoms with Crippen LogP contribution in [0.2, 0.25) is 0 Å². The molecule has 1 atom stereocenters. The topological polar surface area (TPSA) is 80.8 Å². The molecule has 178 valence electrons. The Labute approximate surface area is 200 Å². The number of hydrogen-bond acceptors (Lipinski definition) is 5. The molecule has 0 aromatic heterocycles. The largest absolute Gasteiger partial charge is 0.318 e. The fourth-order valence-electron chi connectivity index (χ4n) is 4.49. The lowest BCUT2D eigenvalue weighted by Gasteiger charge is -2.27. The second-order valence-electron chi connectivity index (χ2n) is 8.87. The number of nitrogens with zero attached hydrogens (tertiary/aromatic N) is 1. The molecule has 6 nitrogen and oxygen atoms in total. The van der Waals surface area contributed by atoms with Crippen LogP contribution in [0, 0.1) is 12.8 Å². The Balaban J connectivity index is 1.77. The van der Waals surface area contributed by atoms with E-state index in [-0.39, 0.29) is 10.5 Å². The Morgan fingerprint density at radius 2 is 1.68 bits per heavy atom. The van der Waals surface area contributed by atoms with E-state index in [1.54, 1.807) is 24.3 Å². The average molecular weight is 480 g/mol. The standard InChI is InChI=1S/C27H29NO5S/c1-4-6-8-19(5-2)17-21-14-13-20-9-7-10-23-24(20)25(21)27(30)28(26(23)29)33-34(31,32)22-15-11-18(3)12-16-22/h7,9-16,19H,4-6,8,17H2,1-3H3. The molecule has 1 aliphatic rings. The fourth-order valence-corrected chi connectivity index (χ4v) is 5.37. The van der Waals surface area contributed by atoms with Crippen LogP contribution in [-0.2, 0) is 20.8 Å². The quantitative estimate of drug-likeness (QED) is 0.361. The third-order valence-corrected chi connectivity index (χ3v) is 7.67. The van der Waals surface area contributed by atoms with Crippen LogP contribution in [0.15, 0.2) is 59.5 Å². The maximum atomic E-state index is 13.6. The van der Waals surface area contributed by atoms with Gasteiger partial charge in [-0.05, 0) is 48.4 Å². The van der Waals surface area contributed by atoms with Crippen LogP contribution < -0.4 is 0 Å². The van der Waals surface area contributed by atoms with E-state index >= 15 is 0 Å². The summed E-state index contributed by atoms with van der Waals surface area (Å²) in [6.45, 7) is 6.11. The van der Waals surface area contributed by atoms with Gasteiger partial charge in [-0.25, -0.2) is 0 Å². The Morgan fingerprint density at radius 3 is 2.35 bits per heavy atom. The van der Waals surface area contributed by atoms with Gasteiger partial charge in [-0.15, -0.1) is 9.35 Å². The average Bonchev–Trinajstić information content (AvgIpc) is 2.83. The van der Waals surface area contributed by atoms with E-state index in [1.807, 2.05) is 25.1 Å². The molecule has 34 heavy (non-hydrogen) atoms. The van der Waals surface area contributed by atoms with Gasteiger partial charge in [0, 0.05) is 5.39 Å². The number of carbonyl (C=O) groups excluding carboxylic acids is 2. The first kappa shape index (κ1) is 24.1. The zero-order chi connectivity index (χ0) is 24.5. The molecule has 2 amide bonds. The van der Waals surface area contributed by atoms with Crippen LogP contribution in [0.1, 0.15) is 71.4 Å². The predicted molar refractivity (Wildman–Crippen MR) is 131 cm³/mol. The van der Waals surface area contributed by atoms with Crippen LogP contribution in [0.3, 0.4) is 0 Å². The maximum Gasteiger partial charge on any atom is 0.318 e. The molecule has 0 spiro atoms. The summed E-state index contributed by atoms with van der Waals surface area (Å²) in [6, 6.07) is 15.1. The summed E-state index contributed by atoms with van der Waals surface area (Å²) in [5.74, 6) is -1.14. The number of hydroxylamine groups is 2. The van der Waals surface area contributed by atoms with Crippen molar-refractivity contribution in [3.05, 3.63) is 76.9 Å². The fraction of sp³-hybridized carbons (Fsp3) is 0.333. The van der Waals surface area contributed by atoms with E-state index in [0.29, 0.717) is 28.4 Å². The molecule has 1 aliphatic heterocycles. The van der Waals surface area contributed by atoms with E-state index in [2.05, 4.69) is 13.8 Å². The van der Waals surface area contributed by atoms with Crippen LogP contribution in [-0.4, -0.2) is 25.3 Å². The van der Waals surface area contributed by atoms with Gasteiger partial charge in [0.05, 0.1) is 16.0 Å². The first-order chi connectivity index (χ1) is 16.3. The number of unbranched alkanes of at least 4 members (excludes halogenated alkanes) is 1. The molecule has 1 unspecified atom stereocenters. The number of imide groups is 1.